The Morgan fingerprint density at radius 1 is 1.05 bits per heavy atom. The van der Waals surface area contributed by atoms with Crippen LogP contribution < -0.4 is 10.1 Å². The van der Waals surface area contributed by atoms with E-state index in [1.807, 2.05) is 69.3 Å². The van der Waals surface area contributed by atoms with Crippen LogP contribution in [0.25, 0.3) is 55.1 Å². The summed E-state index contributed by atoms with van der Waals surface area (Å²) in [5.74, 6) is 1.80. The smallest absolute Gasteiger partial charge is 0.251 e. The molecule has 6 rings (SSSR count). The number of nitrogens with zero attached hydrogens (tertiary/aromatic N) is 4. The summed E-state index contributed by atoms with van der Waals surface area (Å²) in [5.41, 5.74) is 6.33. The first-order chi connectivity index (χ1) is 19.4. The Morgan fingerprint density at radius 3 is 2.58 bits per heavy atom. The van der Waals surface area contributed by atoms with E-state index in [9.17, 15) is 4.79 Å². The number of carbonyl (C=O) groups is 1. The van der Waals surface area contributed by atoms with Crippen molar-refractivity contribution >= 4 is 38.6 Å². The van der Waals surface area contributed by atoms with Crippen molar-refractivity contribution in [3.8, 4) is 34.2 Å². The largest absolute Gasteiger partial charge is 0.496 e. The molecule has 3 aromatic carbocycles. The molecule has 6 aromatic rings. The van der Waals surface area contributed by atoms with Crippen molar-refractivity contribution in [3.63, 3.8) is 0 Å². The van der Waals surface area contributed by atoms with Crippen molar-refractivity contribution in [2.24, 2.45) is 0 Å². The summed E-state index contributed by atoms with van der Waals surface area (Å²) in [6.45, 7) is 5.95. The summed E-state index contributed by atoms with van der Waals surface area (Å²) in [7, 11) is 1.65. The number of benzene rings is 3. The Bertz CT molecular complexity index is 1980. The highest BCUT2D eigenvalue weighted by molar-refractivity contribution is 6.17. The zero-order chi connectivity index (χ0) is 28.0. The zero-order valence-electron chi connectivity index (χ0n) is 22.5. The summed E-state index contributed by atoms with van der Waals surface area (Å²) in [4.78, 5) is 26.1. The lowest BCUT2D eigenvalue weighted by Crippen LogP contribution is -2.24. The number of carbonyl (C=O) groups excluding carboxylic acids is 1. The predicted molar refractivity (Wildman–Crippen MR) is 153 cm³/mol. The minimum Gasteiger partial charge on any atom is -0.496 e. The number of H-pyrrole nitrogens is 1. The SMILES string of the molecule is COc1cc2c(cc1-c1c(C)noc1C)[nH]c1nc(C)nc(-c3ccc(C(=O)NCCC#N)c4ccccc34)c12. The lowest BCUT2D eigenvalue weighted by Gasteiger charge is -2.13. The minimum atomic E-state index is -0.217. The summed E-state index contributed by atoms with van der Waals surface area (Å²) < 4.78 is 11.3. The van der Waals surface area contributed by atoms with Crippen molar-refractivity contribution in [2.75, 3.05) is 13.7 Å². The molecule has 0 saturated carbocycles. The van der Waals surface area contributed by atoms with Gasteiger partial charge in [-0.25, -0.2) is 9.97 Å². The van der Waals surface area contributed by atoms with Crippen LogP contribution >= 0.6 is 0 Å². The predicted octanol–water partition coefficient (Wildman–Crippen LogP) is 6.16. The van der Waals surface area contributed by atoms with E-state index in [0.717, 1.165) is 55.1 Å². The van der Waals surface area contributed by atoms with E-state index < -0.39 is 0 Å². The number of methoxy groups -OCH3 is 1. The maximum absolute atomic E-state index is 13.0. The molecule has 9 heteroatoms. The van der Waals surface area contributed by atoms with Crippen LogP contribution in [0.1, 0.15) is 34.1 Å². The third-order valence-corrected chi connectivity index (χ3v) is 7.13. The third kappa shape index (κ3) is 4.01. The maximum Gasteiger partial charge on any atom is 0.251 e. The van der Waals surface area contributed by atoms with Crippen molar-refractivity contribution in [2.45, 2.75) is 27.2 Å². The maximum atomic E-state index is 13.0. The molecular formula is C31H26N6O3. The van der Waals surface area contributed by atoms with Crippen LogP contribution in [0.3, 0.4) is 0 Å². The number of ether oxygens (including phenoxy) is 1. The first kappa shape index (κ1) is 25.1. The van der Waals surface area contributed by atoms with Gasteiger partial charge in [-0.15, -0.1) is 0 Å². The average Bonchev–Trinajstić information content (AvgIpc) is 3.48. The fourth-order valence-electron chi connectivity index (χ4n) is 5.39. The van der Waals surface area contributed by atoms with Crippen LogP contribution in [0.4, 0.5) is 0 Å². The Balaban J connectivity index is 1.60. The molecule has 0 saturated heterocycles. The molecule has 9 nitrogen and oxygen atoms in total. The van der Waals surface area contributed by atoms with Gasteiger partial charge in [-0.1, -0.05) is 35.5 Å². The van der Waals surface area contributed by atoms with E-state index in [2.05, 4.69) is 21.5 Å². The van der Waals surface area contributed by atoms with Crippen LogP contribution in [0.2, 0.25) is 0 Å². The van der Waals surface area contributed by atoms with Crippen LogP contribution in [0.15, 0.2) is 53.1 Å². The van der Waals surface area contributed by atoms with Gasteiger partial charge in [0.1, 0.15) is 23.0 Å². The third-order valence-electron chi connectivity index (χ3n) is 7.13. The molecule has 0 radical (unpaired) electrons. The minimum absolute atomic E-state index is 0.217. The van der Waals surface area contributed by atoms with Gasteiger partial charge in [0.15, 0.2) is 0 Å². The van der Waals surface area contributed by atoms with Gasteiger partial charge in [-0.05, 0) is 49.7 Å². The van der Waals surface area contributed by atoms with E-state index >= 15 is 0 Å². The van der Waals surface area contributed by atoms with Crippen LogP contribution in [-0.4, -0.2) is 39.7 Å². The van der Waals surface area contributed by atoms with Gasteiger partial charge in [-0.3, -0.25) is 4.79 Å². The molecule has 2 N–H and O–H groups in total. The second-order valence-electron chi connectivity index (χ2n) is 9.64. The number of amides is 1. The fraction of sp³-hybridized carbons (Fsp3) is 0.194. The van der Waals surface area contributed by atoms with Gasteiger partial charge in [-0.2, -0.15) is 5.26 Å². The molecule has 1 amide bonds. The van der Waals surface area contributed by atoms with Crippen LogP contribution in [0.5, 0.6) is 5.75 Å². The number of nitrogens with one attached hydrogen (secondary N) is 2. The average molecular weight is 531 g/mol. The van der Waals surface area contributed by atoms with E-state index in [-0.39, 0.29) is 12.3 Å². The normalized spacial score (nSPS) is 11.3. The molecular weight excluding hydrogens is 504 g/mol. The lowest BCUT2D eigenvalue weighted by molar-refractivity contribution is 0.0956. The highest BCUT2D eigenvalue weighted by atomic mass is 16.5. The zero-order valence-corrected chi connectivity index (χ0v) is 22.5. The Labute approximate surface area is 229 Å². The van der Waals surface area contributed by atoms with Gasteiger partial charge in [0.05, 0.1) is 41.9 Å². The number of aromatic amines is 1. The molecule has 40 heavy (non-hydrogen) atoms. The number of aromatic nitrogens is 4. The second kappa shape index (κ2) is 9.82. The van der Waals surface area contributed by atoms with Crippen LogP contribution in [0, 0.1) is 32.1 Å². The molecule has 0 bridgehead atoms. The number of hydrogen-bond acceptors (Lipinski definition) is 7. The fourth-order valence-corrected chi connectivity index (χ4v) is 5.39. The van der Waals surface area contributed by atoms with E-state index in [4.69, 9.17) is 24.5 Å². The Hall–Kier alpha value is -5.23. The molecule has 0 aliphatic rings. The van der Waals surface area contributed by atoms with E-state index in [1.54, 1.807) is 7.11 Å². The first-order valence-corrected chi connectivity index (χ1v) is 12.9. The van der Waals surface area contributed by atoms with Gasteiger partial charge < -0.3 is 19.6 Å². The molecule has 0 atom stereocenters. The quantitative estimate of drug-likeness (QED) is 0.247. The highest BCUT2D eigenvalue weighted by Gasteiger charge is 2.22. The van der Waals surface area contributed by atoms with Gasteiger partial charge in [0.25, 0.3) is 5.91 Å². The standard InChI is InChI=1S/C31H26N6O3/c1-16-27(17(2)40-37-16)24-14-25-23(15-26(24)39-4)28-29(34-18(3)35-30(28)36-25)21-10-11-22(31(38)33-13-7-12-32)20-9-6-5-8-19(20)21/h5-6,8-11,14-15H,7,13H2,1-4H3,(H,33,38)(H,34,35,36). The van der Waals surface area contributed by atoms with Gasteiger partial charge >= 0.3 is 0 Å². The monoisotopic (exact) mass is 530 g/mol. The first-order valence-electron chi connectivity index (χ1n) is 12.9. The summed E-state index contributed by atoms with van der Waals surface area (Å²) in [6, 6.07) is 17.6. The molecule has 198 valence electrons. The number of nitriles is 1. The van der Waals surface area contributed by atoms with Crippen LogP contribution in [-0.2, 0) is 0 Å². The van der Waals surface area contributed by atoms with Crippen molar-refractivity contribution in [1.29, 1.82) is 5.26 Å². The Kier molecular flexibility index (Phi) is 6.15. The molecule has 0 aliphatic heterocycles. The second-order valence-corrected chi connectivity index (χ2v) is 9.64. The number of aryl methyl sites for hydroxylation is 3. The molecule has 3 heterocycles. The van der Waals surface area contributed by atoms with E-state index in [0.29, 0.717) is 35.1 Å². The summed E-state index contributed by atoms with van der Waals surface area (Å²) in [5, 5.41) is 19.3. The summed E-state index contributed by atoms with van der Waals surface area (Å²) >= 11 is 0. The molecule has 3 aromatic heterocycles. The van der Waals surface area contributed by atoms with Crippen molar-refractivity contribution in [1.82, 2.24) is 25.4 Å². The number of hydrogen-bond donors (Lipinski definition) is 2. The van der Waals surface area contributed by atoms with E-state index in [1.165, 1.54) is 0 Å². The lowest BCUT2D eigenvalue weighted by atomic mass is 9.95. The molecule has 0 aliphatic carbocycles. The van der Waals surface area contributed by atoms with Gasteiger partial charge in [0, 0.05) is 34.1 Å². The highest BCUT2D eigenvalue weighted by Crippen LogP contribution is 2.42. The van der Waals surface area contributed by atoms with Crippen molar-refractivity contribution in [3.05, 3.63) is 71.4 Å². The summed E-state index contributed by atoms with van der Waals surface area (Å²) in [6.07, 6.45) is 0.252. The molecule has 0 spiro atoms. The molecule has 0 unspecified atom stereocenters. The topological polar surface area (TPSA) is 130 Å². The Morgan fingerprint density at radius 2 is 1.85 bits per heavy atom. The van der Waals surface area contributed by atoms with Crippen molar-refractivity contribution < 1.29 is 14.1 Å². The van der Waals surface area contributed by atoms with Gasteiger partial charge in [0.2, 0.25) is 0 Å². The molecule has 0 fully saturated rings. The number of rotatable bonds is 6. The number of fused-ring (bicyclic) bond motifs is 4.